The summed E-state index contributed by atoms with van der Waals surface area (Å²) in [4.78, 5) is 24.4. The topological polar surface area (TPSA) is 113 Å². The zero-order chi connectivity index (χ0) is 30.9. The summed E-state index contributed by atoms with van der Waals surface area (Å²) in [7, 11) is 3.53. The molecule has 3 N–H and O–H groups in total. The third-order valence-electron chi connectivity index (χ3n) is 8.77. The van der Waals surface area contributed by atoms with Crippen LogP contribution < -0.4 is 10.7 Å². The van der Waals surface area contributed by atoms with E-state index in [9.17, 15) is 14.7 Å². The smallest absolute Gasteiger partial charge is 0.243 e. The van der Waals surface area contributed by atoms with E-state index in [0.29, 0.717) is 12.3 Å². The van der Waals surface area contributed by atoms with E-state index < -0.39 is 17.8 Å². The van der Waals surface area contributed by atoms with Crippen molar-refractivity contribution in [1.82, 2.24) is 15.8 Å². The molecule has 1 saturated carbocycles. The Kier molecular flexibility index (Phi) is 13.2. The number of carbonyl (C=O) groups excluding carboxylic acids is 2. The average Bonchev–Trinajstić information content (AvgIpc) is 3.52. The largest absolute Gasteiger partial charge is 0.387 e. The lowest BCUT2D eigenvalue weighted by molar-refractivity contribution is -0.147. The van der Waals surface area contributed by atoms with Crippen molar-refractivity contribution in [1.29, 1.82) is 0 Å². The van der Waals surface area contributed by atoms with E-state index in [1.165, 1.54) is 25.7 Å². The van der Waals surface area contributed by atoms with Crippen LogP contribution in [0.2, 0.25) is 0 Å². The molecular formula is C33H55N3O6. The second-order valence-electron chi connectivity index (χ2n) is 12.7. The third kappa shape index (κ3) is 10.0. The minimum absolute atomic E-state index is 0.00252. The number of aliphatic hydroxyl groups is 1. The molecule has 9 atom stereocenters. The Hall–Kier alpha value is -2.04. The van der Waals surface area contributed by atoms with Gasteiger partial charge in [-0.3, -0.25) is 15.0 Å². The van der Waals surface area contributed by atoms with E-state index >= 15 is 0 Å². The Balaban J connectivity index is 0.00000111. The monoisotopic (exact) mass is 589 g/mol. The van der Waals surface area contributed by atoms with Crippen LogP contribution in [0.1, 0.15) is 92.4 Å². The lowest BCUT2D eigenvalue weighted by Crippen LogP contribution is -2.52. The van der Waals surface area contributed by atoms with Crippen LogP contribution in [0.25, 0.3) is 0 Å². The molecule has 0 bridgehead atoms. The molecule has 4 aliphatic rings. The molecule has 2 amide bonds. The van der Waals surface area contributed by atoms with Gasteiger partial charge in [0.05, 0.1) is 36.9 Å². The summed E-state index contributed by atoms with van der Waals surface area (Å²) in [5.74, 6) is 0.0959. The average molecular weight is 590 g/mol. The van der Waals surface area contributed by atoms with Crippen molar-refractivity contribution in [3.05, 3.63) is 36.0 Å². The van der Waals surface area contributed by atoms with E-state index in [0.717, 1.165) is 24.8 Å². The van der Waals surface area contributed by atoms with Gasteiger partial charge in [-0.1, -0.05) is 69.4 Å². The van der Waals surface area contributed by atoms with Crippen LogP contribution in [0.4, 0.5) is 0 Å². The normalized spacial score (nSPS) is 36.5. The van der Waals surface area contributed by atoms with Crippen LogP contribution in [0, 0.1) is 5.92 Å². The molecule has 9 nitrogen and oxygen atoms in total. The highest BCUT2D eigenvalue weighted by atomic mass is 16.6. The maximum atomic E-state index is 12.3. The number of nitrogens with one attached hydrogen (secondary N) is 2. The Bertz CT molecular complexity index is 973. The molecule has 0 aromatic heterocycles. The van der Waals surface area contributed by atoms with Gasteiger partial charge >= 0.3 is 0 Å². The molecule has 1 aliphatic carbocycles. The van der Waals surface area contributed by atoms with E-state index in [-0.39, 0.29) is 48.7 Å². The van der Waals surface area contributed by atoms with Gasteiger partial charge in [-0.15, -0.1) is 0 Å². The van der Waals surface area contributed by atoms with Gasteiger partial charge < -0.3 is 24.6 Å². The maximum absolute atomic E-state index is 12.3. The molecule has 4 fully saturated rings. The van der Waals surface area contributed by atoms with Crippen LogP contribution in [0.5, 0.6) is 0 Å². The number of carbonyl (C=O) groups is 2. The van der Waals surface area contributed by atoms with Crippen molar-refractivity contribution < 1.29 is 28.9 Å². The molecule has 9 heteroatoms. The first-order chi connectivity index (χ1) is 19.9. The van der Waals surface area contributed by atoms with Gasteiger partial charge in [-0.2, -0.15) is 0 Å². The van der Waals surface area contributed by atoms with Crippen LogP contribution in [0.15, 0.2) is 36.0 Å². The molecule has 0 aromatic carbocycles. The second kappa shape index (κ2) is 16.1. The zero-order valence-corrected chi connectivity index (χ0v) is 26.8. The van der Waals surface area contributed by atoms with Crippen LogP contribution >= 0.6 is 0 Å². The zero-order valence-electron chi connectivity index (χ0n) is 26.8. The molecule has 3 heterocycles. The number of rotatable bonds is 10. The fourth-order valence-corrected chi connectivity index (χ4v) is 5.73. The van der Waals surface area contributed by atoms with Crippen molar-refractivity contribution in [3.8, 4) is 0 Å². The van der Waals surface area contributed by atoms with Crippen LogP contribution in [0.3, 0.4) is 0 Å². The highest BCUT2D eigenvalue weighted by molar-refractivity contribution is 5.87. The van der Waals surface area contributed by atoms with E-state index in [4.69, 9.17) is 14.2 Å². The number of aliphatic hydroxyl groups excluding tert-OH is 1. The quantitative estimate of drug-likeness (QED) is 0.150. The minimum Gasteiger partial charge on any atom is -0.387 e. The number of amides is 2. The molecule has 1 spiro atoms. The Morgan fingerprint density at radius 2 is 1.74 bits per heavy atom. The molecule has 238 valence electrons. The molecule has 42 heavy (non-hydrogen) atoms. The number of hydrogen-bond donors (Lipinski definition) is 3. The number of ether oxygens (including phenoxy) is 3. The standard InChI is InChI=1S/C29H47N3O6.C4H8/c1-8-9-10-26(33)30-23-15-19(3)24(36-20(23)4)13-11-18(2)12-14-25-28(35)29(21(5)38-29)17-22(37-25)16-27(34)31-32(6)7;1-2-4-3-1/h9-12,14,19-25,28,35H,8,13,15-17H2,1-7H3,(H,30,33)(H,31,34);1-4H2/b10-9-,14-12+,18-11+;/t19?,20?,21?,22-,23?,24?,25?,28-,29?;/m1./s1. The number of hydrazine groups is 1. The predicted octanol–water partition coefficient (Wildman–Crippen LogP) is 4.36. The number of allylic oxidation sites excluding steroid dienone is 3. The van der Waals surface area contributed by atoms with Gasteiger partial charge in [0.1, 0.15) is 17.8 Å². The van der Waals surface area contributed by atoms with Gasteiger partial charge in [0.25, 0.3) is 0 Å². The van der Waals surface area contributed by atoms with Crippen LogP contribution in [-0.4, -0.2) is 84.3 Å². The third-order valence-corrected chi connectivity index (χ3v) is 8.77. The summed E-state index contributed by atoms with van der Waals surface area (Å²) in [5.41, 5.74) is 3.13. The summed E-state index contributed by atoms with van der Waals surface area (Å²) in [6.07, 6.45) is 16.8. The highest BCUT2D eigenvalue weighted by Crippen LogP contribution is 2.49. The minimum atomic E-state index is -0.795. The summed E-state index contributed by atoms with van der Waals surface area (Å²) in [6.45, 7) is 10.1. The first-order valence-corrected chi connectivity index (χ1v) is 15.9. The Morgan fingerprint density at radius 1 is 1.07 bits per heavy atom. The van der Waals surface area contributed by atoms with E-state index in [1.807, 2.05) is 45.9 Å². The highest BCUT2D eigenvalue weighted by Gasteiger charge is 2.64. The van der Waals surface area contributed by atoms with Crippen molar-refractivity contribution in [3.63, 3.8) is 0 Å². The predicted molar refractivity (Wildman–Crippen MR) is 164 cm³/mol. The number of nitrogens with zero attached hydrogens (tertiary/aromatic N) is 1. The molecule has 3 saturated heterocycles. The molecule has 7 unspecified atom stereocenters. The molecule has 0 aromatic rings. The number of hydrogen-bond acceptors (Lipinski definition) is 7. The van der Waals surface area contributed by atoms with Gasteiger partial charge in [0, 0.05) is 20.5 Å². The maximum Gasteiger partial charge on any atom is 0.243 e. The number of epoxide rings is 1. The van der Waals surface area contributed by atoms with Crippen molar-refractivity contribution in [2.45, 2.75) is 141 Å². The summed E-state index contributed by atoms with van der Waals surface area (Å²) >= 11 is 0. The van der Waals surface area contributed by atoms with Crippen molar-refractivity contribution in [2.24, 2.45) is 5.92 Å². The van der Waals surface area contributed by atoms with E-state index in [2.05, 4.69) is 23.7 Å². The lowest BCUT2D eigenvalue weighted by atomic mass is 9.84. The molecule has 3 aliphatic heterocycles. The Labute approximate surface area is 253 Å². The van der Waals surface area contributed by atoms with Gasteiger partial charge in [0.2, 0.25) is 11.8 Å². The lowest BCUT2D eigenvalue weighted by Gasteiger charge is -2.39. The first kappa shape index (κ1) is 34.5. The summed E-state index contributed by atoms with van der Waals surface area (Å²) in [5, 5.41) is 15.7. The molecule has 4 rings (SSSR count). The Morgan fingerprint density at radius 3 is 2.31 bits per heavy atom. The van der Waals surface area contributed by atoms with Gasteiger partial charge in [-0.05, 0) is 52.0 Å². The van der Waals surface area contributed by atoms with Crippen molar-refractivity contribution in [2.75, 3.05) is 14.1 Å². The molecule has 0 radical (unpaired) electrons. The first-order valence-electron chi connectivity index (χ1n) is 15.9. The van der Waals surface area contributed by atoms with Crippen molar-refractivity contribution >= 4 is 11.8 Å². The second-order valence-corrected chi connectivity index (χ2v) is 12.7. The SMILES string of the molecule is C1CCC1.CC/C=C\C(=O)NC1CC(C)C(C/C=C(C)/C=C/C2O[C@H](CC(=O)NN(C)C)CC3(OC3C)[C@@H]2O)OC1C. The summed E-state index contributed by atoms with van der Waals surface area (Å²) < 4.78 is 18.2. The van der Waals surface area contributed by atoms with E-state index in [1.54, 1.807) is 25.2 Å². The fourth-order valence-electron chi connectivity index (χ4n) is 5.73. The summed E-state index contributed by atoms with van der Waals surface area (Å²) in [6, 6.07) is -0.00252. The van der Waals surface area contributed by atoms with Gasteiger partial charge in [-0.25, -0.2) is 5.01 Å². The van der Waals surface area contributed by atoms with Crippen LogP contribution in [-0.2, 0) is 23.8 Å². The van der Waals surface area contributed by atoms with Gasteiger partial charge in [0.15, 0.2) is 0 Å². The molecular weight excluding hydrogens is 534 g/mol. The fraction of sp³-hybridized carbons (Fsp3) is 0.758.